The number of ether oxygens (including phenoxy) is 2. The van der Waals surface area contributed by atoms with Crippen molar-refractivity contribution in [2.45, 2.75) is 22.1 Å². The number of amides is 1. The van der Waals surface area contributed by atoms with Crippen molar-refractivity contribution in [1.29, 1.82) is 0 Å². The summed E-state index contributed by atoms with van der Waals surface area (Å²) in [4.78, 5) is 24.0. The van der Waals surface area contributed by atoms with Crippen molar-refractivity contribution in [3.05, 3.63) is 23.8 Å². The van der Waals surface area contributed by atoms with Crippen LogP contribution < -0.4 is 10.1 Å². The van der Waals surface area contributed by atoms with Gasteiger partial charge in [0.1, 0.15) is 5.75 Å². The number of thioether (sulfide) groups is 1. The number of hydrogen-bond acceptors (Lipinski definition) is 10. The first-order valence-corrected chi connectivity index (χ1v) is 12.1. The summed E-state index contributed by atoms with van der Waals surface area (Å²) in [6.07, 6.45) is 1.63. The molecule has 1 aliphatic heterocycles. The molecule has 1 aliphatic rings. The fraction of sp³-hybridized carbons (Fsp3) is 0.412. The molecule has 2 heterocycles. The molecule has 1 amide bonds. The molecule has 1 fully saturated rings. The van der Waals surface area contributed by atoms with Crippen molar-refractivity contribution in [2.24, 2.45) is 0 Å². The average Bonchev–Trinajstić information content (AvgIpc) is 3.44. The van der Waals surface area contributed by atoms with Gasteiger partial charge in [-0.1, -0.05) is 23.1 Å². The predicted octanol–water partition coefficient (Wildman–Crippen LogP) is 1.85. The summed E-state index contributed by atoms with van der Waals surface area (Å²) >= 11 is 2.22. The van der Waals surface area contributed by atoms with Crippen LogP contribution >= 0.6 is 23.1 Å². The van der Waals surface area contributed by atoms with Gasteiger partial charge in [-0.15, -0.1) is 10.2 Å². The average molecular weight is 473 g/mol. The number of rotatable bonds is 8. The van der Waals surface area contributed by atoms with Crippen molar-refractivity contribution in [3.8, 4) is 5.75 Å². The van der Waals surface area contributed by atoms with Crippen LogP contribution in [-0.4, -0.2) is 67.9 Å². The van der Waals surface area contributed by atoms with E-state index in [9.17, 15) is 18.0 Å². The highest BCUT2D eigenvalue weighted by atomic mass is 32.2. The van der Waals surface area contributed by atoms with E-state index in [0.717, 1.165) is 35.9 Å². The van der Waals surface area contributed by atoms with Crippen molar-refractivity contribution in [3.63, 3.8) is 0 Å². The van der Waals surface area contributed by atoms with Gasteiger partial charge in [-0.05, 0) is 31.0 Å². The number of nitrogens with one attached hydrogen (secondary N) is 1. The Bertz CT molecular complexity index is 1030. The van der Waals surface area contributed by atoms with Gasteiger partial charge in [-0.3, -0.25) is 14.9 Å². The highest BCUT2D eigenvalue weighted by Gasteiger charge is 2.28. The molecule has 2 aromatic rings. The molecule has 0 aliphatic carbocycles. The quantitative estimate of drug-likeness (QED) is 0.348. The van der Waals surface area contributed by atoms with E-state index in [-0.39, 0.29) is 27.1 Å². The van der Waals surface area contributed by atoms with Crippen LogP contribution in [0.5, 0.6) is 5.75 Å². The Morgan fingerprint density at radius 3 is 2.63 bits per heavy atom. The minimum atomic E-state index is -3.68. The highest BCUT2D eigenvalue weighted by Crippen LogP contribution is 2.29. The number of methoxy groups -OCH3 is 2. The van der Waals surface area contributed by atoms with Crippen LogP contribution in [0, 0.1) is 0 Å². The fourth-order valence-corrected chi connectivity index (χ4v) is 5.89. The number of anilines is 1. The third-order valence-electron chi connectivity index (χ3n) is 4.29. The SMILES string of the molecule is COC(=O)CSc1nnc(NC(=O)c2cc(S(=O)(=O)N3CCCC3)ccc2OC)s1. The Balaban J connectivity index is 1.78. The zero-order chi connectivity index (χ0) is 21.7. The minimum Gasteiger partial charge on any atom is -0.496 e. The van der Waals surface area contributed by atoms with Crippen molar-refractivity contribution >= 4 is 50.1 Å². The summed E-state index contributed by atoms with van der Waals surface area (Å²) < 4.78 is 37.3. The third-order valence-corrected chi connectivity index (χ3v) is 8.13. The molecule has 0 unspecified atom stereocenters. The number of hydrogen-bond donors (Lipinski definition) is 1. The molecule has 1 aromatic heterocycles. The number of esters is 1. The smallest absolute Gasteiger partial charge is 0.316 e. The molecule has 0 bridgehead atoms. The molecule has 0 atom stereocenters. The van der Waals surface area contributed by atoms with Crippen LogP contribution in [-0.2, 0) is 19.6 Å². The second kappa shape index (κ2) is 9.73. The second-order valence-corrected chi connectivity index (χ2v) is 10.3. The molecule has 30 heavy (non-hydrogen) atoms. The number of benzene rings is 1. The highest BCUT2D eigenvalue weighted by molar-refractivity contribution is 8.01. The van der Waals surface area contributed by atoms with Gasteiger partial charge in [0.25, 0.3) is 5.91 Å². The molecular weight excluding hydrogens is 452 g/mol. The topological polar surface area (TPSA) is 128 Å². The Labute approximate surface area is 182 Å². The van der Waals surface area contributed by atoms with Crippen LogP contribution in [0.1, 0.15) is 23.2 Å². The number of nitrogens with zero attached hydrogens (tertiary/aromatic N) is 3. The van der Waals surface area contributed by atoms with E-state index in [1.807, 2.05) is 0 Å². The molecule has 13 heteroatoms. The van der Waals surface area contributed by atoms with Gasteiger partial charge in [-0.2, -0.15) is 4.31 Å². The molecule has 1 N–H and O–H groups in total. The monoisotopic (exact) mass is 472 g/mol. The Kier molecular flexibility index (Phi) is 7.28. The van der Waals surface area contributed by atoms with Gasteiger partial charge >= 0.3 is 5.97 Å². The summed E-state index contributed by atoms with van der Waals surface area (Å²) in [5, 5.41) is 10.6. The Hall–Kier alpha value is -2.22. The lowest BCUT2D eigenvalue weighted by Gasteiger charge is -2.17. The number of carbonyl (C=O) groups excluding carboxylic acids is 2. The van der Waals surface area contributed by atoms with E-state index in [0.29, 0.717) is 17.4 Å². The zero-order valence-corrected chi connectivity index (χ0v) is 18.7. The summed E-state index contributed by atoms with van der Waals surface area (Å²) in [6.45, 7) is 0.930. The summed E-state index contributed by atoms with van der Waals surface area (Å²) in [5.74, 6) is -0.672. The molecule has 1 saturated heterocycles. The third kappa shape index (κ3) is 5.09. The largest absolute Gasteiger partial charge is 0.496 e. The first-order valence-electron chi connectivity index (χ1n) is 8.88. The van der Waals surface area contributed by atoms with Crippen LogP contribution in [0.4, 0.5) is 5.13 Å². The van der Waals surface area contributed by atoms with E-state index in [1.165, 1.54) is 36.7 Å². The normalized spacial score (nSPS) is 14.5. The van der Waals surface area contributed by atoms with E-state index in [2.05, 4.69) is 20.3 Å². The van der Waals surface area contributed by atoms with Crippen molar-refractivity contribution in [2.75, 3.05) is 38.4 Å². The molecule has 3 rings (SSSR count). The van der Waals surface area contributed by atoms with E-state index in [1.54, 1.807) is 0 Å². The maximum Gasteiger partial charge on any atom is 0.316 e. The minimum absolute atomic E-state index is 0.0296. The lowest BCUT2D eigenvalue weighted by atomic mass is 10.2. The van der Waals surface area contributed by atoms with Gasteiger partial charge in [0.15, 0.2) is 4.34 Å². The number of carbonyl (C=O) groups is 2. The summed E-state index contributed by atoms with van der Waals surface area (Å²) in [5.41, 5.74) is 0.0664. The number of aromatic nitrogens is 2. The van der Waals surface area contributed by atoms with Gasteiger partial charge < -0.3 is 9.47 Å². The molecule has 162 valence electrons. The van der Waals surface area contributed by atoms with Gasteiger partial charge in [0.2, 0.25) is 15.2 Å². The predicted molar refractivity (Wildman–Crippen MR) is 112 cm³/mol. The lowest BCUT2D eigenvalue weighted by Crippen LogP contribution is -2.28. The van der Waals surface area contributed by atoms with E-state index in [4.69, 9.17) is 4.74 Å². The summed E-state index contributed by atoms with van der Waals surface area (Å²) in [7, 11) is -0.993. The Morgan fingerprint density at radius 1 is 1.23 bits per heavy atom. The molecule has 0 spiro atoms. The van der Waals surface area contributed by atoms with E-state index < -0.39 is 21.9 Å². The van der Waals surface area contributed by atoms with Crippen LogP contribution in [0.25, 0.3) is 0 Å². The van der Waals surface area contributed by atoms with Crippen molar-refractivity contribution in [1.82, 2.24) is 14.5 Å². The van der Waals surface area contributed by atoms with Crippen LogP contribution in [0.3, 0.4) is 0 Å². The second-order valence-electron chi connectivity index (χ2n) is 6.17. The molecule has 0 saturated carbocycles. The maximum atomic E-state index is 12.8. The van der Waals surface area contributed by atoms with Gasteiger partial charge in [0, 0.05) is 13.1 Å². The van der Waals surface area contributed by atoms with Gasteiger partial charge in [-0.25, -0.2) is 8.42 Å². The van der Waals surface area contributed by atoms with E-state index >= 15 is 0 Å². The molecule has 0 radical (unpaired) electrons. The summed E-state index contributed by atoms with van der Waals surface area (Å²) in [6, 6.07) is 4.18. The molecule has 10 nitrogen and oxygen atoms in total. The maximum absolute atomic E-state index is 12.8. The standard InChI is InChI=1S/C17H20N4O6S3/c1-26-13-6-5-11(30(24,25)21-7-3-4-8-21)9-12(13)15(23)18-16-19-20-17(29-16)28-10-14(22)27-2/h5-6,9H,3-4,7-8,10H2,1-2H3,(H,18,19,23). The lowest BCUT2D eigenvalue weighted by molar-refractivity contribution is -0.137. The first-order chi connectivity index (χ1) is 14.3. The van der Waals surface area contributed by atoms with Gasteiger partial charge in [0.05, 0.1) is 30.4 Å². The van der Waals surface area contributed by atoms with Crippen LogP contribution in [0.15, 0.2) is 27.4 Å². The molecular formula is C17H20N4O6S3. The first kappa shape index (κ1) is 22.5. The molecule has 1 aromatic carbocycles. The Morgan fingerprint density at radius 2 is 1.97 bits per heavy atom. The fourth-order valence-electron chi connectivity index (χ4n) is 2.77. The zero-order valence-electron chi connectivity index (χ0n) is 16.3. The van der Waals surface area contributed by atoms with Crippen LogP contribution in [0.2, 0.25) is 0 Å². The van der Waals surface area contributed by atoms with Crippen molar-refractivity contribution < 1.29 is 27.5 Å². The number of sulfonamides is 1.